The Bertz CT molecular complexity index is 998. The Labute approximate surface area is 155 Å². The van der Waals surface area contributed by atoms with Crippen LogP contribution in [-0.4, -0.2) is 3.26 Å². The Balaban J connectivity index is 1.90. The predicted molar refractivity (Wildman–Crippen MR) is 103 cm³/mol. The standard InChI is InChI=1S/C21H14.2ClH.Hf/c1-3-7-20-14-16(9-11-18(20)5-1)13-17-10-12-19-6-2-4-8-21(19)15-17;;;/h1-12,14-15H;2*1H;/q;;;+2/p-2. The van der Waals surface area contributed by atoms with Gasteiger partial charge in [0, 0.05) is 0 Å². The van der Waals surface area contributed by atoms with Gasteiger partial charge in [-0.1, -0.05) is 0 Å². The molecular formula is C21H14Cl2Hf. The SMILES string of the molecule is [Cl][Hf]([Cl])=[C](c1ccc2ccccc2c1)c1ccc2ccccc2c1. The predicted octanol–water partition coefficient (Wildman–Crippen LogP) is 6.49. The molecule has 0 saturated carbocycles. The summed E-state index contributed by atoms with van der Waals surface area (Å²) in [6.07, 6.45) is 0. The van der Waals surface area contributed by atoms with Gasteiger partial charge < -0.3 is 0 Å². The number of hydrogen-bond donors (Lipinski definition) is 0. The van der Waals surface area contributed by atoms with Crippen LogP contribution < -0.4 is 0 Å². The summed E-state index contributed by atoms with van der Waals surface area (Å²) < 4.78 is 1.15. The van der Waals surface area contributed by atoms with Gasteiger partial charge in [-0.2, -0.15) is 0 Å². The van der Waals surface area contributed by atoms with Crippen molar-refractivity contribution in [2.45, 2.75) is 0 Å². The Morgan fingerprint density at radius 3 is 1.38 bits per heavy atom. The van der Waals surface area contributed by atoms with E-state index < -0.39 is 18.6 Å². The van der Waals surface area contributed by atoms with E-state index in [9.17, 15) is 0 Å². The minimum atomic E-state index is -2.81. The maximum atomic E-state index is 6.56. The van der Waals surface area contributed by atoms with Crippen LogP contribution in [0.15, 0.2) is 84.9 Å². The third-order valence-corrected chi connectivity index (χ3v) is 10.8. The van der Waals surface area contributed by atoms with Crippen LogP contribution in [0.3, 0.4) is 0 Å². The van der Waals surface area contributed by atoms with E-state index in [0.29, 0.717) is 0 Å². The second-order valence-corrected chi connectivity index (χ2v) is 17.2. The number of benzene rings is 4. The summed E-state index contributed by atoms with van der Waals surface area (Å²) in [4.78, 5) is 0. The summed E-state index contributed by atoms with van der Waals surface area (Å²) >= 11 is -2.81. The molecule has 116 valence electrons. The van der Waals surface area contributed by atoms with Crippen LogP contribution in [0.25, 0.3) is 21.5 Å². The van der Waals surface area contributed by atoms with Crippen LogP contribution in [0.1, 0.15) is 11.1 Å². The van der Waals surface area contributed by atoms with Gasteiger partial charge in [-0.05, 0) is 0 Å². The molecular weight excluding hydrogens is 502 g/mol. The summed E-state index contributed by atoms with van der Waals surface area (Å²) in [6.45, 7) is 0. The zero-order valence-electron chi connectivity index (χ0n) is 12.8. The van der Waals surface area contributed by atoms with Crippen molar-refractivity contribution in [3.05, 3.63) is 96.1 Å². The zero-order chi connectivity index (χ0) is 16.5. The molecule has 0 aliphatic carbocycles. The van der Waals surface area contributed by atoms with E-state index in [0.717, 1.165) is 14.4 Å². The van der Waals surface area contributed by atoms with Crippen molar-refractivity contribution in [1.82, 2.24) is 0 Å². The molecule has 3 heteroatoms. The normalized spacial score (nSPS) is 10.9. The molecule has 0 atom stereocenters. The van der Waals surface area contributed by atoms with Crippen molar-refractivity contribution < 1.29 is 18.6 Å². The van der Waals surface area contributed by atoms with Crippen LogP contribution in [-0.2, 0) is 18.6 Å². The summed E-state index contributed by atoms with van der Waals surface area (Å²) in [5.74, 6) is 0. The average Bonchev–Trinajstić information content (AvgIpc) is 2.61. The van der Waals surface area contributed by atoms with Crippen molar-refractivity contribution in [1.29, 1.82) is 0 Å². The molecule has 24 heavy (non-hydrogen) atoms. The first kappa shape index (κ1) is 16.2. The van der Waals surface area contributed by atoms with Crippen molar-refractivity contribution in [2.24, 2.45) is 0 Å². The number of fused-ring (bicyclic) bond motifs is 2. The number of halogens is 2. The van der Waals surface area contributed by atoms with Crippen molar-refractivity contribution in [2.75, 3.05) is 0 Å². The van der Waals surface area contributed by atoms with Gasteiger partial charge in [0.15, 0.2) is 0 Å². The molecule has 0 heterocycles. The van der Waals surface area contributed by atoms with Gasteiger partial charge in [0.2, 0.25) is 0 Å². The number of hydrogen-bond acceptors (Lipinski definition) is 0. The molecule has 0 saturated heterocycles. The molecule has 0 amide bonds. The molecule has 4 aromatic carbocycles. The molecule has 0 radical (unpaired) electrons. The first-order valence-electron chi connectivity index (χ1n) is 7.76. The van der Waals surface area contributed by atoms with E-state index in [1.165, 1.54) is 21.5 Å². The van der Waals surface area contributed by atoms with E-state index in [4.69, 9.17) is 17.2 Å². The quantitative estimate of drug-likeness (QED) is 0.268. The van der Waals surface area contributed by atoms with Crippen molar-refractivity contribution >= 4 is 42.0 Å². The molecule has 0 fully saturated rings. The fourth-order valence-corrected chi connectivity index (χ4v) is 9.33. The molecule has 0 spiro atoms. The Hall–Kier alpha value is -1.28. The van der Waals surface area contributed by atoms with Crippen LogP contribution in [0.5, 0.6) is 0 Å². The van der Waals surface area contributed by atoms with E-state index in [1.54, 1.807) is 0 Å². The molecule has 0 aliphatic heterocycles. The van der Waals surface area contributed by atoms with Gasteiger partial charge in [-0.15, -0.1) is 0 Å². The van der Waals surface area contributed by atoms with Crippen molar-refractivity contribution in [3.8, 4) is 0 Å². The molecule has 4 rings (SSSR count). The monoisotopic (exact) mass is 516 g/mol. The third-order valence-electron chi connectivity index (χ3n) is 4.27. The summed E-state index contributed by atoms with van der Waals surface area (Å²) in [7, 11) is 13.1. The van der Waals surface area contributed by atoms with Gasteiger partial charge in [-0.25, -0.2) is 0 Å². The van der Waals surface area contributed by atoms with Crippen molar-refractivity contribution in [3.63, 3.8) is 0 Å². The Morgan fingerprint density at radius 2 is 0.958 bits per heavy atom. The van der Waals surface area contributed by atoms with Gasteiger partial charge in [0.25, 0.3) is 0 Å². The Morgan fingerprint density at radius 1 is 0.542 bits per heavy atom. The van der Waals surface area contributed by atoms with Gasteiger partial charge >= 0.3 is 157 Å². The van der Waals surface area contributed by atoms with Crippen LogP contribution in [0.4, 0.5) is 0 Å². The molecule has 4 aromatic rings. The summed E-state index contributed by atoms with van der Waals surface area (Å²) in [5, 5.41) is 4.90. The molecule has 0 aromatic heterocycles. The third kappa shape index (κ3) is 3.13. The van der Waals surface area contributed by atoms with Gasteiger partial charge in [-0.3, -0.25) is 0 Å². The molecule has 0 nitrogen and oxygen atoms in total. The molecule has 0 unspecified atom stereocenters. The second-order valence-electron chi connectivity index (χ2n) is 5.76. The van der Waals surface area contributed by atoms with E-state index in [1.807, 2.05) is 0 Å². The fraction of sp³-hybridized carbons (Fsp3) is 0. The topological polar surface area (TPSA) is 0 Å². The van der Waals surface area contributed by atoms with Crippen LogP contribution in [0.2, 0.25) is 0 Å². The minimum absolute atomic E-state index is 1.15. The molecule has 0 aliphatic rings. The van der Waals surface area contributed by atoms with Gasteiger partial charge in [0.1, 0.15) is 0 Å². The van der Waals surface area contributed by atoms with Gasteiger partial charge in [0.05, 0.1) is 0 Å². The Kier molecular flexibility index (Phi) is 4.67. The number of rotatable bonds is 2. The van der Waals surface area contributed by atoms with Crippen LogP contribution in [0, 0.1) is 0 Å². The maximum absolute atomic E-state index is 6.56. The van der Waals surface area contributed by atoms with E-state index >= 15 is 0 Å². The summed E-state index contributed by atoms with van der Waals surface area (Å²) in [6, 6.07) is 29.7. The first-order valence-corrected chi connectivity index (χ1v) is 18.5. The summed E-state index contributed by atoms with van der Waals surface area (Å²) in [5.41, 5.74) is 2.30. The average molecular weight is 516 g/mol. The van der Waals surface area contributed by atoms with E-state index in [2.05, 4.69) is 84.9 Å². The van der Waals surface area contributed by atoms with Crippen LogP contribution >= 0.6 is 17.2 Å². The fourth-order valence-electron chi connectivity index (χ4n) is 3.07. The molecule has 0 N–H and O–H groups in total. The first-order chi connectivity index (χ1) is 11.7. The zero-order valence-corrected chi connectivity index (χ0v) is 17.9. The molecule has 0 bridgehead atoms. The van der Waals surface area contributed by atoms with E-state index in [-0.39, 0.29) is 0 Å². The second kappa shape index (κ2) is 6.92.